The Kier molecular flexibility index (Phi) is 5.13. The third kappa shape index (κ3) is 3.63. The fraction of sp³-hybridized carbons (Fsp3) is 0.143. The van der Waals surface area contributed by atoms with Crippen molar-refractivity contribution in [2.45, 2.75) is 19.8 Å². The predicted octanol–water partition coefficient (Wildman–Crippen LogP) is 5.30. The van der Waals surface area contributed by atoms with Crippen molar-refractivity contribution in [3.63, 3.8) is 0 Å². The number of carbonyl (C=O) groups excluding carboxylic acids is 1. The molecule has 0 aliphatic rings. The molecule has 0 radical (unpaired) electrons. The Morgan fingerprint density at radius 2 is 1.78 bits per heavy atom. The van der Waals surface area contributed by atoms with Crippen molar-refractivity contribution in [1.82, 2.24) is 0 Å². The van der Waals surface area contributed by atoms with Crippen molar-refractivity contribution in [2.75, 3.05) is 0 Å². The number of nitriles is 1. The monoisotopic (exact) mass is 369 g/mol. The van der Waals surface area contributed by atoms with Crippen LogP contribution in [0.3, 0.4) is 0 Å². The molecule has 0 aromatic heterocycles. The number of halogens is 3. The summed E-state index contributed by atoms with van der Waals surface area (Å²) in [6.45, 7) is 1.88. The summed E-state index contributed by atoms with van der Waals surface area (Å²) in [4.78, 5) is 12.2. The first-order valence-electron chi connectivity index (χ1n) is 8.27. The molecule has 0 aliphatic heterocycles. The predicted molar refractivity (Wildman–Crippen MR) is 93.9 cm³/mol. The van der Waals surface area contributed by atoms with Gasteiger partial charge in [0.15, 0.2) is 0 Å². The summed E-state index contributed by atoms with van der Waals surface area (Å²) >= 11 is 0. The van der Waals surface area contributed by atoms with Gasteiger partial charge in [0.25, 0.3) is 0 Å². The van der Waals surface area contributed by atoms with Gasteiger partial charge >= 0.3 is 5.97 Å². The van der Waals surface area contributed by atoms with E-state index in [0.717, 1.165) is 12.1 Å². The van der Waals surface area contributed by atoms with Crippen LogP contribution in [0.2, 0.25) is 0 Å². The molecular formula is C21H14F3NO2. The van der Waals surface area contributed by atoms with Crippen molar-refractivity contribution in [1.29, 1.82) is 5.26 Å². The highest BCUT2D eigenvalue weighted by Crippen LogP contribution is 2.26. The smallest absolute Gasteiger partial charge is 0.349 e. The molecular weight excluding hydrogens is 355 g/mol. The van der Waals surface area contributed by atoms with E-state index in [1.807, 2.05) is 6.92 Å². The van der Waals surface area contributed by atoms with Crippen molar-refractivity contribution < 1.29 is 22.7 Å². The van der Waals surface area contributed by atoms with Gasteiger partial charge in [0.05, 0.1) is 5.56 Å². The number of hydrogen-bond donors (Lipinski definition) is 0. The van der Waals surface area contributed by atoms with Crippen LogP contribution in [0.5, 0.6) is 5.75 Å². The molecule has 136 valence electrons. The Balaban J connectivity index is 1.91. The summed E-state index contributed by atoms with van der Waals surface area (Å²) < 4.78 is 47.5. The highest BCUT2D eigenvalue weighted by atomic mass is 19.1. The minimum Gasteiger partial charge on any atom is -0.423 e. The zero-order chi connectivity index (χ0) is 19.6. The maximum atomic E-state index is 14.2. The number of fused-ring (bicyclic) bond motifs is 1. The minimum atomic E-state index is -1.18. The molecule has 0 fully saturated rings. The first-order chi connectivity index (χ1) is 12.9. The summed E-state index contributed by atoms with van der Waals surface area (Å²) in [6, 6.07) is 10.8. The van der Waals surface area contributed by atoms with Crippen LogP contribution in [0, 0.1) is 28.8 Å². The standard InChI is InChI=1S/C21H14F3NO2/c1-2-3-12-8-17(22)19(18(23)9-12)21(26)27-15-6-7-16-13(10-15)4-5-14(11-25)20(16)24/h4-10H,2-3H2,1H3. The SMILES string of the molecule is CCCc1cc(F)c(C(=O)Oc2ccc3c(F)c(C#N)ccc3c2)c(F)c1. The van der Waals surface area contributed by atoms with Gasteiger partial charge < -0.3 is 4.74 Å². The van der Waals surface area contributed by atoms with Gasteiger partial charge in [-0.3, -0.25) is 0 Å². The van der Waals surface area contributed by atoms with Crippen molar-refractivity contribution in [3.05, 3.63) is 76.6 Å². The molecule has 0 saturated carbocycles. The quantitative estimate of drug-likeness (QED) is 0.463. The van der Waals surface area contributed by atoms with Crippen molar-refractivity contribution in [3.8, 4) is 11.8 Å². The Hall–Kier alpha value is -3.33. The van der Waals surface area contributed by atoms with Gasteiger partial charge in [0.2, 0.25) is 0 Å². The largest absolute Gasteiger partial charge is 0.423 e. The van der Waals surface area contributed by atoms with Gasteiger partial charge in [-0.2, -0.15) is 5.26 Å². The number of aryl methyl sites for hydroxylation is 1. The number of hydrogen-bond acceptors (Lipinski definition) is 3. The highest BCUT2D eigenvalue weighted by Gasteiger charge is 2.21. The first kappa shape index (κ1) is 18.5. The second-order valence-corrected chi connectivity index (χ2v) is 6.00. The molecule has 6 heteroatoms. The number of nitrogens with zero attached hydrogens (tertiary/aromatic N) is 1. The third-order valence-electron chi connectivity index (χ3n) is 4.10. The zero-order valence-corrected chi connectivity index (χ0v) is 14.4. The Morgan fingerprint density at radius 3 is 2.41 bits per heavy atom. The van der Waals surface area contributed by atoms with Crippen molar-refractivity contribution >= 4 is 16.7 Å². The average Bonchev–Trinajstić information content (AvgIpc) is 2.61. The zero-order valence-electron chi connectivity index (χ0n) is 14.4. The van der Waals surface area contributed by atoms with Crippen LogP contribution in [0.1, 0.15) is 34.8 Å². The van der Waals surface area contributed by atoms with E-state index < -0.39 is 29.0 Å². The number of esters is 1. The molecule has 3 rings (SSSR count). The molecule has 0 bridgehead atoms. The summed E-state index contributed by atoms with van der Waals surface area (Å²) in [7, 11) is 0. The molecule has 3 aromatic carbocycles. The molecule has 0 atom stereocenters. The van der Waals surface area contributed by atoms with Crippen LogP contribution in [0.25, 0.3) is 10.8 Å². The molecule has 27 heavy (non-hydrogen) atoms. The van der Waals surface area contributed by atoms with Crippen LogP contribution < -0.4 is 4.74 Å². The Labute approximate surface area is 153 Å². The summed E-state index contributed by atoms with van der Waals surface area (Å²) in [6.07, 6.45) is 1.20. The number of rotatable bonds is 4. The van der Waals surface area contributed by atoms with E-state index in [1.54, 1.807) is 6.07 Å². The van der Waals surface area contributed by atoms with E-state index in [9.17, 15) is 18.0 Å². The van der Waals surface area contributed by atoms with E-state index in [0.29, 0.717) is 23.8 Å². The number of benzene rings is 3. The number of ether oxygens (including phenoxy) is 1. The van der Waals surface area contributed by atoms with Crippen LogP contribution in [0.4, 0.5) is 13.2 Å². The second-order valence-electron chi connectivity index (χ2n) is 6.00. The summed E-state index contributed by atoms with van der Waals surface area (Å²) in [5.41, 5.74) is -0.428. The van der Waals surface area contributed by atoms with Gasteiger partial charge in [0, 0.05) is 5.39 Å². The molecule has 0 saturated heterocycles. The van der Waals surface area contributed by atoms with Crippen LogP contribution in [0.15, 0.2) is 42.5 Å². The van der Waals surface area contributed by atoms with Crippen LogP contribution in [-0.2, 0) is 6.42 Å². The molecule has 3 aromatic rings. The fourth-order valence-corrected chi connectivity index (χ4v) is 2.83. The van der Waals surface area contributed by atoms with Gasteiger partial charge in [-0.05, 0) is 53.8 Å². The lowest BCUT2D eigenvalue weighted by atomic mass is 10.1. The van der Waals surface area contributed by atoms with E-state index >= 15 is 0 Å². The summed E-state index contributed by atoms with van der Waals surface area (Å²) in [5.74, 6) is -3.84. The first-order valence-corrected chi connectivity index (χ1v) is 8.27. The maximum Gasteiger partial charge on any atom is 0.349 e. The van der Waals surface area contributed by atoms with Gasteiger partial charge in [-0.25, -0.2) is 18.0 Å². The van der Waals surface area contributed by atoms with Crippen LogP contribution >= 0.6 is 0 Å². The van der Waals surface area contributed by atoms with Crippen LogP contribution in [-0.4, -0.2) is 5.97 Å². The molecule has 0 spiro atoms. The molecule has 0 N–H and O–H groups in total. The average molecular weight is 369 g/mol. The van der Waals surface area contributed by atoms with E-state index in [2.05, 4.69) is 0 Å². The lowest BCUT2D eigenvalue weighted by Crippen LogP contribution is -2.14. The second kappa shape index (κ2) is 7.50. The van der Waals surface area contributed by atoms with E-state index in [1.165, 1.54) is 30.3 Å². The third-order valence-corrected chi connectivity index (χ3v) is 4.10. The minimum absolute atomic E-state index is 0.00745. The molecule has 0 heterocycles. The highest BCUT2D eigenvalue weighted by molar-refractivity contribution is 5.93. The molecule has 3 nitrogen and oxygen atoms in total. The lowest BCUT2D eigenvalue weighted by Gasteiger charge is -2.09. The van der Waals surface area contributed by atoms with Gasteiger partial charge in [0.1, 0.15) is 34.8 Å². The molecule has 0 amide bonds. The fourth-order valence-electron chi connectivity index (χ4n) is 2.83. The number of carbonyl (C=O) groups is 1. The molecule has 0 aliphatic carbocycles. The van der Waals surface area contributed by atoms with Gasteiger partial charge in [-0.1, -0.05) is 19.4 Å². The van der Waals surface area contributed by atoms with E-state index in [-0.39, 0.29) is 16.7 Å². The lowest BCUT2D eigenvalue weighted by molar-refractivity contribution is 0.0725. The Morgan fingerprint density at radius 1 is 1.07 bits per heavy atom. The summed E-state index contributed by atoms with van der Waals surface area (Å²) in [5, 5.41) is 9.41. The van der Waals surface area contributed by atoms with Gasteiger partial charge in [-0.15, -0.1) is 0 Å². The van der Waals surface area contributed by atoms with Crippen molar-refractivity contribution in [2.24, 2.45) is 0 Å². The maximum absolute atomic E-state index is 14.2. The molecule has 0 unspecified atom stereocenters. The Bertz CT molecular complexity index is 1060. The normalized spacial score (nSPS) is 10.6. The topological polar surface area (TPSA) is 50.1 Å². The van der Waals surface area contributed by atoms with E-state index in [4.69, 9.17) is 10.00 Å².